The molecule has 156 valence electrons. The maximum Gasteiger partial charge on any atom is 0.315 e. The maximum absolute atomic E-state index is 13.8. The summed E-state index contributed by atoms with van der Waals surface area (Å²) in [7, 11) is 0. The Hall–Kier alpha value is -1.86. The number of nitrogens with one attached hydrogen (secondary N) is 2. The van der Waals surface area contributed by atoms with Crippen molar-refractivity contribution in [2.75, 3.05) is 32.8 Å². The number of hydrogen-bond donors (Lipinski definition) is 2. The molecule has 1 saturated heterocycles. The van der Waals surface area contributed by atoms with Crippen LogP contribution in [0.15, 0.2) is 42.5 Å². The molecule has 2 amide bonds. The van der Waals surface area contributed by atoms with Gasteiger partial charge < -0.3 is 15.4 Å². The number of rotatable bonds is 6. The van der Waals surface area contributed by atoms with Gasteiger partial charge in [0, 0.05) is 24.7 Å². The molecule has 5 nitrogen and oxygen atoms in total. The average molecular weight is 440 g/mol. The van der Waals surface area contributed by atoms with E-state index in [1.165, 1.54) is 12.1 Å². The van der Waals surface area contributed by atoms with Crippen molar-refractivity contribution in [1.29, 1.82) is 0 Å². The van der Waals surface area contributed by atoms with Crippen LogP contribution in [0.2, 0.25) is 10.0 Å². The van der Waals surface area contributed by atoms with Crippen molar-refractivity contribution in [2.45, 2.75) is 19.0 Å². The fourth-order valence-electron chi connectivity index (χ4n) is 3.31. The van der Waals surface area contributed by atoms with Gasteiger partial charge in [-0.25, -0.2) is 9.18 Å². The van der Waals surface area contributed by atoms with Crippen LogP contribution < -0.4 is 10.6 Å². The molecule has 2 aromatic rings. The second-order valence-electron chi connectivity index (χ2n) is 7.00. The number of hydrogen-bond acceptors (Lipinski definition) is 3. The zero-order valence-corrected chi connectivity index (χ0v) is 17.6. The Kier molecular flexibility index (Phi) is 7.72. The van der Waals surface area contributed by atoms with E-state index in [0.29, 0.717) is 30.3 Å². The van der Waals surface area contributed by atoms with Gasteiger partial charge in [0.1, 0.15) is 5.82 Å². The highest BCUT2D eigenvalue weighted by molar-refractivity contribution is 6.35. The SMILES string of the molecule is CC(NC(=O)NC(CN1CCOCC1)c1ccccc1)c1cc(F)c(Cl)cc1Cl. The van der Waals surface area contributed by atoms with Gasteiger partial charge in [0.25, 0.3) is 0 Å². The lowest BCUT2D eigenvalue weighted by atomic mass is 10.1. The van der Waals surface area contributed by atoms with Crippen LogP contribution in [0.25, 0.3) is 0 Å². The summed E-state index contributed by atoms with van der Waals surface area (Å²) in [6.07, 6.45) is 0. The number of morpholine rings is 1. The molecule has 29 heavy (non-hydrogen) atoms. The topological polar surface area (TPSA) is 53.6 Å². The zero-order valence-electron chi connectivity index (χ0n) is 16.1. The third kappa shape index (κ3) is 6.06. The van der Waals surface area contributed by atoms with Crippen molar-refractivity contribution in [2.24, 2.45) is 0 Å². The first-order valence-corrected chi connectivity index (χ1v) is 10.3. The van der Waals surface area contributed by atoms with Gasteiger partial charge in [-0.2, -0.15) is 0 Å². The molecule has 2 unspecified atom stereocenters. The molecule has 0 radical (unpaired) electrons. The van der Waals surface area contributed by atoms with E-state index in [0.717, 1.165) is 18.7 Å². The highest BCUT2D eigenvalue weighted by atomic mass is 35.5. The zero-order chi connectivity index (χ0) is 20.8. The number of benzene rings is 2. The van der Waals surface area contributed by atoms with E-state index in [-0.39, 0.29) is 17.1 Å². The number of carbonyl (C=O) groups excluding carboxylic acids is 1. The quantitative estimate of drug-likeness (QED) is 0.648. The average Bonchev–Trinajstić information content (AvgIpc) is 2.71. The molecule has 0 spiro atoms. The second kappa shape index (κ2) is 10.3. The molecular formula is C21H24Cl2FN3O2. The first-order valence-electron chi connectivity index (χ1n) is 9.50. The van der Waals surface area contributed by atoms with Crippen LogP contribution in [-0.2, 0) is 4.74 Å². The Morgan fingerprint density at radius 2 is 1.83 bits per heavy atom. The Labute approximate surface area is 180 Å². The molecule has 1 fully saturated rings. The maximum atomic E-state index is 13.8. The van der Waals surface area contributed by atoms with E-state index in [2.05, 4.69) is 15.5 Å². The van der Waals surface area contributed by atoms with Crippen molar-refractivity contribution in [1.82, 2.24) is 15.5 Å². The molecule has 0 bridgehead atoms. The van der Waals surface area contributed by atoms with Gasteiger partial charge in [0.05, 0.1) is 30.3 Å². The van der Waals surface area contributed by atoms with E-state index in [9.17, 15) is 9.18 Å². The summed E-state index contributed by atoms with van der Waals surface area (Å²) < 4.78 is 19.2. The van der Waals surface area contributed by atoms with Crippen LogP contribution in [0.4, 0.5) is 9.18 Å². The summed E-state index contributed by atoms with van der Waals surface area (Å²) in [4.78, 5) is 14.9. The first kappa shape index (κ1) is 21.8. The van der Waals surface area contributed by atoms with Crippen molar-refractivity contribution < 1.29 is 13.9 Å². The van der Waals surface area contributed by atoms with Crippen LogP contribution in [-0.4, -0.2) is 43.8 Å². The van der Waals surface area contributed by atoms with Crippen molar-refractivity contribution in [3.63, 3.8) is 0 Å². The van der Waals surface area contributed by atoms with Gasteiger partial charge >= 0.3 is 6.03 Å². The van der Waals surface area contributed by atoms with Gasteiger partial charge in [-0.1, -0.05) is 53.5 Å². The van der Waals surface area contributed by atoms with Crippen molar-refractivity contribution in [3.8, 4) is 0 Å². The molecule has 0 aliphatic carbocycles. The second-order valence-corrected chi connectivity index (χ2v) is 7.82. The van der Waals surface area contributed by atoms with Crippen molar-refractivity contribution >= 4 is 29.2 Å². The van der Waals surface area contributed by atoms with Crippen molar-refractivity contribution in [3.05, 3.63) is 69.5 Å². The van der Waals surface area contributed by atoms with E-state index < -0.39 is 11.9 Å². The minimum Gasteiger partial charge on any atom is -0.379 e. The molecular weight excluding hydrogens is 416 g/mol. The van der Waals surface area contributed by atoms with Crippen LogP contribution in [0.1, 0.15) is 30.1 Å². The smallest absolute Gasteiger partial charge is 0.315 e. The predicted molar refractivity (Wildman–Crippen MR) is 113 cm³/mol. The van der Waals surface area contributed by atoms with E-state index >= 15 is 0 Å². The third-order valence-electron chi connectivity index (χ3n) is 4.91. The largest absolute Gasteiger partial charge is 0.379 e. The molecule has 1 aliphatic rings. The minimum atomic E-state index is -0.574. The van der Waals surface area contributed by atoms with Gasteiger partial charge in [-0.05, 0) is 30.2 Å². The van der Waals surface area contributed by atoms with Crippen LogP contribution in [0, 0.1) is 5.82 Å². The Balaban J connectivity index is 1.68. The molecule has 3 rings (SSSR count). The Bertz CT molecular complexity index is 832. The molecule has 0 aromatic heterocycles. The lowest BCUT2D eigenvalue weighted by Crippen LogP contribution is -2.46. The van der Waals surface area contributed by atoms with E-state index in [1.807, 2.05) is 30.3 Å². The minimum absolute atomic E-state index is 0.0509. The monoisotopic (exact) mass is 439 g/mol. The normalized spacial score (nSPS) is 16.8. The summed E-state index contributed by atoms with van der Waals surface area (Å²) in [6.45, 7) is 5.43. The molecule has 8 heteroatoms. The molecule has 2 atom stereocenters. The van der Waals surface area contributed by atoms with Crippen LogP contribution >= 0.6 is 23.2 Å². The predicted octanol–water partition coefficient (Wildman–Crippen LogP) is 4.57. The molecule has 2 N–H and O–H groups in total. The van der Waals surface area contributed by atoms with E-state index in [4.69, 9.17) is 27.9 Å². The number of amides is 2. The lowest BCUT2D eigenvalue weighted by Gasteiger charge is -2.31. The number of urea groups is 1. The number of nitrogens with zero attached hydrogens (tertiary/aromatic N) is 1. The Morgan fingerprint density at radius 3 is 2.52 bits per heavy atom. The molecule has 0 saturated carbocycles. The summed E-state index contributed by atoms with van der Waals surface area (Å²) in [5.74, 6) is -0.574. The van der Waals surface area contributed by atoms with Gasteiger partial charge in [0.15, 0.2) is 0 Å². The molecule has 1 aliphatic heterocycles. The van der Waals surface area contributed by atoms with E-state index in [1.54, 1.807) is 6.92 Å². The van der Waals surface area contributed by atoms with Gasteiger partial charge in [0.2, 0.25) is 0 Å². The van der Waals surface area contributed by atoms with Crippen LogP contribution in [0.3, 0.4) is 0 Å². The summed E-state index contributed by atoms with van der Waals surface area (Å²) in [5, 5.41) is 6.12. The van der Waals surface area contributed by atoms with Gasteiger partial charge in [-0.3, -0.25) is 4.90 Å². The Morgan fingerprint density at radius 1 is 1.14 bits per heavy atom. The van der Waals surface area contributed by atoms with Gasteiger partial charge in [-0.15, -0.1) is 0 Å². The summed E-state index contributed by atoms with van der Waals surface area (Å²) in [5.41, 5.74) is 1.48. The number of ether oxygens (including phenoxy) is 1. The van der Waals surface area contributed by atoms with Crippen LogP contribution in [0.5, 0.6) is 0 Å². The fourth-order valence-corrected chi connectivity index (χ4v) is 3.85. The standard InChI is InChI=1S/C21H24Cl2FN3O2/c1-14(16-11-19(24)18(23)12-17(16)22)25-21(28)26-20(15-5-3-2-4-6-15)13-27-7-9-29-10-8-27/h2-6,11-12,14,20H,7-10,13H2,1H3,(H2,25,26,28). The first-order chi connectivity index (χ1) is 13.9. The molecule has 2 aromatic carbocycles. The molecule has 1 heterocycles. The lowest BCUT2D eigenvalue weighted by molar-refractivity contribution is 0.0339. The summed E-state index contributed by atoms with van der Waals surface area (Å²) in [6, 6.07) is 11.3. The number of carbonyl (C=O) groups is 1. The third-order valence-corrected chi connectivity index (χ3v) is 5.52. The summed E-state index contributed by atoms with van der Waals surface area (Å²) >= 11 is 11.9. The fraction of sp³-hybridized carbons (Fsp3) is 0.381. The number of halogens is 3. The highest BCUT2D eigenvalue weighted by Gasteiger charge is 2.22. The highest BCUT2D eigenvalue weighted by Crippen LogP contribution is 2.28.